The predicted octanol–water partition coefficient (Wildman–Crippen LogP) is 2.30. The van der Waals surface area contributed by atoms with E-state index in [1.807, 2.05) is 24.8 Å². The van der Waals surface area contributed by atoms with E-state index in [-0.39, 0.29) is 16.8 Å². The van der Waals surface area contributed by atoms with Crippen LogP contribution in [0.25, 0.3) is 0 Å². The van der Waals surface area contributed by atoms with Gasteiger partial charge in [0.2, 0.25) is 15.9 Å². The maximum absolute atomic E-state index is 12.3. The Kier molecular flexibility index (Phi) is 5.47. The van der Waals surface area contributed by atoms with Crippen LogP contribution in [0.2, 0.25) is 0 Å². The largest absolute Gasteiger partial charge is 0.338 e. The van der Waals surface area contributed by atoms with E-state index in [0.29, 0.717) is 25.4 Å². The summed E-state index contributed by atoms with van der Waals surface area (Å²) < 4.78 is 27.2. The van der Waals surface area contributed by atoms with E-state index in [4.69, 9.17) is 0 Å². The molecule has 0 fully saturated rings. The molecule has 0 aliphatic carbocycles. The van der Waals surface area contributed by atoms with E-state index >= 15 is 0 Å². The predicted molar refractivity (Wildman–Crippen MR) is 90.5 cm³/mol. The molecule has 0 spiro atoms. The number of amides is 1. The third kappa shape index (κ3) is 4.54. The summed E-state index contributed by atoms with van der Waals surface area (Å²) in [5.41, 5.74) is 2.06. The van der Waals surface area contributed by atoms with Crippen molar-refractivity contribution in [1.82, 2.24) is 9.62 Å². The molecule has 128 valence electrons. The molecule has 1 aliphatic heterocycles. The van der Waals surface area contributed by atoms with Gasteiger partial charge in [0.05, 0.1) is 4.90 Å². The molecule has 0 bridgehead atoms. The summed E-state index contributed by atoms with van der Waals surface area (Å²) in [6.07, 6.45) is 1.30. The van der Waals surface area contributed by atoms with E-state index in [2.05, 4.69) is 4.72 Å². The second kappa shape index (κ2) is 7.01. The molecule has 0 saturated heterocycles. The van der Waals surface area contributed by atoms with Gasteiger partial charge in [0, 0.05) is 25.6 Å². The van der Waals surface area contributed by atoms with Gasteiger partial charge in [-0.2, -0.15) is 0 Å². The van der Waals surface area contributed by atoms with Gasteiger partial charge in [-0.05, 0) is 49.4 Å². The average molecular weight is 338 g/mol. The lowest BCUT2D eigenvalue weighted by Crippen LogP contribution is -2.36. The number of sulfonamides is 1. The van der Waals surface area contributed by atoms with Crippen LogP contribution in [0.3, 0.4) is 0 Å². The van der Waals surface area contributed by atoms with Crippen LogP contribution in [-0.2, 0) is 27.8 Å². The molecule has 2 rings (SSSR count). The van der Waals surface area contributed by atoms with Crippen molar-refractivity contribution < 1.29 is 13.2 Å². The molecule has 1 N–H and O–H groups in total. The van der Waals surface area contributed by atoms with Gasteiger partial charge in [-0.15, -0.1) is 0 Å². The number of rotatable bonds is 5. The van der Waals surface area contributed by atoms with Crippen molar-refractivity contribution in [3.05, 3.63) is 29.3 Å². The third-order valence-corrected chi connectivity index (χ3v) is 5.48. The highest BCUT2D eigenvalue weighted by Crippen LogP contribution is 2.23. The molecular weight excluding hydrogens is 312 g/mol. The first kappa shape index (κ1) is 17.9. The second-order valence-electron chi connectivity index (χ2n) is 6.87. The van der Waals surface area contributed by atoms with E-state index in [9.17, 15) is 13.2 Å². The Morgan fingerprint density at radius 2 is 1.91 bits per heavy atom. The number of fused-ring (bicyclic) bond motifs is 1. The number of hydrogen-bond donors (Lipinski definition) is 1. The van der Waals surface area contributed by atoms with E-state index in [0.717, 1.165) is 17.5 Å². The van der Waals surface area contributed by atoms with Gasteiger partial charge in [0.25, 0.3) is 0 Å². The minimum Gasteiger partial charge on any atom is -0.338 e. The van der Waals surface area contributed by atoms with Crippen LogP contribution < -0.4 is 4.72 Å². The minimum absolute atomic E-state index is 0.138. The Morgan fingerprint density at radius 3 is 2.52 bits per heavy atom. The first-order valence-corrected chi connectivity index (χ1v) is 9.59. The van der Waals surface area contributed by atoms with E-state index < -0.39 is 10.0 Å². The van der Waals surface area contributed by atoms with Gasteiger partial charge in [0.15, 0.2) is 0 Å². The molecule has 1 heterocycles. The lowest BCUT2D eigenvalue weighted by Gasteiger charge is -2.30. The van der Waals surface area contributed by atoms with Crippen molar-refractivity contribution in [1.29, 1.82) is 0 Å². The van der Waals surface area contributed by atoms with Crippen LogP contribution in [0.4, 0.5) is 0 Å². The average Bonchev–Trinajstić information content (AvgIpc) is 2.44. The minimum atomic E-state index is -3.50. The van der Waals surface area contributed by atoms with Gasteiger partial charge < -0.3 is 4.90 Å². The summed E-state index contributed by atoms with van der Waals surface area (Å²) in [4.78, 5) is 14.3. The van der Waals surface area contributed by atoms with Gasteiger partial charge in [-0.1, -0.05) is 19.9 Å². The van der Waals surface area contributed by atoms with Gasteiger partial charge in [0.1, 0.15) is 0 Å². The molecule has 5 nitrogen and oxygen atoms in total. The molecule has 1 aromatic rings. The number of carbonyl (C=O) groups excluding carboxylic acids is 1. The molecule has 0 aromatic heterocycles. The summed E-state index contributed by atoms with van der Waals surface area (Å²) >= 11 is 0. The van der Waals surface area contributed by atoms with Gasteiger partial charge in [-0.3, -0.25) is 4.79 Å². The van der Waals surface area contributed by atoms with Crippen LogP contribution >= 0.6 is 0 Å². The normalized spacial score (nSPS) is 15.1. The van der Waals surface area contributed by atoms with Crippen molar-refractivity contribution >= 4 is 15.9 Å². The Labute approximate surface area is 139 Å². The lowest BCUT2D eigenvalue weighted by molar-refractivity contribution is -0.132. The number of hydrogen-bond acceptors (Lipinski definition) is 3. The standard InChI is InChI=1S/C17H26N2O3S/c1-12(2)9-17(20)19-8-7-14-5-6-16(10-15(14)11-19)23(21,22)18-13(3)4/h5-6,10,12-13,18H,7-9,11H2,1-4H3. The van der Waals surface area contributed by atoms with E-state index in [1.54, 1.807) is 26.0 Å². The zero-order chi connectivity index (χ0) is 17.2. The van der Waals surface area contributed by atoms with Gasteiger partial charge in [-0.25, -0.2) is 13.1 Å². The third-order valence-electron chi connectivity index (χ3n) is 3.83. The number of nitrogens with one attached hydrogen (secondary N) is 1. The summed E-state index contributed by atoms with van der Waals surface area (Å²) in [6.45, 7) is 8.83. The fourth-order valence-corrected chi connectivity index (χ4v) is 4.07. The zero-order valence-corrected chi connectivity index (χ0v) is 15.1. The molecule has 0 radical (unpaired) electrons. The summed E-state index contributed by atoms with van der Waals surface area (Å²) in [5.74, 6) is 0.463. The first-order chi connectivity index (χ1) is 10.7. The Hall–Kier alpha value is -1.40. The molecule has 1 amide bonds. The Balaban J connectivity index is 2.22. The molecule has 1 aliphatic rings. The zero-order valence-electron chi connectivity index (χ0n) is 14.3. The maximum atomic E-state index is 12.3. The topological polar surface area (TPSA) is 66.5 Å². The van der Waals surface area contributed by atoms with Crippen LogP contribution in [0, 0.1) is 5.92 Å². The van der Waals surface area contributed by atoms with Crippen molar-refractivity contribution in [3.63, 3.8) is 0 Å². The van der Waals surface area contributed by atoms with Crippen molar-refractivity contribution in [3.8, 4) is 0 Å². The van der Waals surface area contributed by atoms with Crippen LogP contribution in [0.1, 0.15) is 45.2 Å². The molecule has 0 atom stereocenters. The smallest absolute Gasteiger partial charge is 0.240 e. The summed E-state index contributed by atoms with van der Waals surface area (Å²) in [6, 6.07) is 5.07. The number of carbonyl (C=O) groups is 1. The van der Waals surface area contributed by atoms with Crippen LogP contribution in [0.5, 0.6) is 0 Å². The maximum Gasteiger partial charge on any atom is 0.240 e. The van der Waals surface area contributed by atoms with Crippen molar-refractivity contribution in [2.75, 3.05) is 6.54 Å². The SMILES string of the molecule is CC(C)CC(=O)N1CCc2ccc(S(=O)(=O)NC(C)C)cc2C1. The molecule has 0 saturated carbocycles. The Morgan fingerprint density at radius 1 is 1.22 bits per heavy atom. The number of benzene rings is 1. The quantitative estimate of drug-likeness (QED) is 0.896. The summed E-state index contributed by atoms with van der Waals surface area (Å²) in [7, 11) is -3.50. The van der Waals surface area contributed by atoms with Crippen LogP contribution in [0.15, 0.2) is 23.1 Å². The van der Waals surface area contributed by atoms with Gasteiger partial charge >= 0.3 is 0 Å². The molecule has 23 heavy (non-hydrogen) atoms. The molecule has 6 heteroatoms. The second-order valence-corrected chi connectivity index (χ2v) is 8.58. The van der Waals surface area contributed by atoms with Crippen molar-refractivity contribution in [2.24, 2.45) is 5.92 Å². The fourth-order valence-electron chi connectivity index (χ4n) is 2.77. The summed E-state index contributed by atoms with van der Waals surface area (Å²) in [5, 5.41) is 0. The molecule has 0 unspecified atom stereocenters. The van der Waals surface area contributed by atoms with Crippen LogP contribution in [-0.4, -0.2) is 31.8 Å². The monoisotopic (exact) mass is 338 g/mol. The first-order valence-electron chi connectivity index (χ1n) is 8.11. The van der Waals surface area contributed by atoms with Crippen molar-refractivity contribution in [2.45, 2.75) is 58.0 Å². The highest BCUT2D eigenvalue weighted by Gasteiger charge is 2.23. The molecule has 1 aromatic carbocycles. The highest BCUT2D eigenvalue weighted by molar-refractivity contribution is 7.89. The number of nitrogens with zero attached hydrogens (tertiary/aromatic N) is 1. The lowest BCUT2D eigenvalue weighted by atomic mass is 9.99. The Bertz CT molecular complexity index is 681. The highest BCUT2D eigenvalue weighted by atomic mass is 32.2. The molecular formula is C17H26N2O3S. The fraction of sp³-hybridized carbons (Fsp3) is 0.588. The van der Waals surface area contributed by atoms with E-state index in [1.165, 1.54) is 0 Å².